The van der Waals surface area contributed by atoms with Crippen molar-refractivity contribution in [2.75, 3.05) is 26.8 Å². The number of hydrogen-bond acceptors (Lipinski definition) is 5. The highest BCUT2D eigenvalue weighted by Crippen LogP contribution is 2.30. The van der Waals surface area contributed by atoms with Gasteiger partial charge in [0.2, 0.25) is 5.91 Å². The monoisotopic (exact) mass is 400 g/mol. The quantitative estimate of drug-likeness (QED) is 0.637. The minimum Gasteiger partial charge on any atom is -0.493 e. The fraction of sp³-hybridized carbons (Fsp3) is 0.455. The summed E-state index contributed by atoms with van der Waals surface area (Å²) in [5.41, 5.74) is 0.913. The molecule has 1 aromatic heterocycles. The predicted octanol–water partition coefficient (Wildman–Crippen LogP) is 4.61. The van der Waals surface area contributed by atoms with Gasteiger partial charge in [-0.15, -0.1) is 11.3 Å². The zero-order valence-corrected chi connectivity index (χ0v) is 17.6. The molecule has 0 aliphatic carbocycles. The molecule has 1 amide bonds. The van der Waals surface area contributed by atoms with Gasteiger partial charge in [-0.05, 0) is 42.5 Å². The molecule has 0 N–H and O–H groups in total. The standard InChI is InChI=1S/C22H28N2O3S/c1-16(2)15-27-19-8-6-17(13-20(19)26-3)7-9-21(25)24-11-4-5-18(14-24)22-23-10-12-28-22/h6-10,12-13,16,18H,4-5,11,14-15H2,1-3H3/b9-7+. The molecule has 2 heterocycles. The van der Waals surface area contributed by atoms with Gasteiger partial charge in [0.15, 0.2) is 11.5 Å². The lowest BCUT2D eigenvalue weighted by molar-refractivity contribution is -0.127. The van der Waals surface area contributed by atoms with Crippen LogP contribution in [0.3, 0.4) is 0 Å². The molecule has 6 heteroatoms. The van der Waals surface area contributed by atoms with Crippen molar-refractivity contribution in [1.29, 1.82) is 0 Å². The Morgan fingerprint density at radius 3 is 2.96 bits per heavy atom. The second kappa shape index (κ2) is 9.73. The number of likely N-dealkylation sites (tertiary alicyclic amines) is 1. The van der Waals surface area contributed by atoms with Gasteiger partial charge in [-0.2, -0.15) is 0 Å². The van der Waals surface area contributed by atoms with Crippen molar-refractivity contribution in [2.24, 2.45) is 5.92 Å². The van der Waals surface area contributed by atoms with Gasteiger partial charge >= 0.3 is 0 Å². The lowest BCUT2D eigenvalue weighted by Crippen LogP contribution is -2.38. The topological polar surface area (TPSA) is 51.7 Å². The lowest BCUT2D eigenvalue weighted by atomic mass is 9.98. The number of amides is 1. The molecule has 3 rings (SSSR count). The molecular formula is C22H28N2O3S. The molecule has 1 aliphatic heterocycles. The van der Waals surface area contributed by atoms with Crippen molar-refractivity contribution in [3.8, 4) is 11.5 Å². The molecule has 28 heavy (non-hydrogen) atoms. The molecule has 1 aromatic carbocycles. The van der Waals surface area contributed by atoms with Crippen LogP contribution < -0.4 is 9.47 Å². The van der Waals surface area contributed by atoms with Gasteiger partial charge in [-0.3, -0.25) is 4.79 Å². The fourth-order valence-corrected chi connectivity index (χ4v) is 4.02. The largest absolute Gasteiger partial charge is 0.493 e. The molecule has 150 valence electrons. The summed E-state index contributed by atoms with van der Waals surface area (Å²) < 4.78 is 11.2. The maximum absolute atomic E-state index is 12.7. The van der Waals surface area contributed by atoms with E-state index in [4.69, 9.17) is 9.47 Å². The summed E-state index contributed by atoms with van der Waals surface area (Å²) in [7, 11) is 1.63. The van der Waals surface area contributed by atoms with Gasteiger partial charge < -0.3 is 14.4 Å². The van der Waals surface area contributed by atoms with Crippen LogP contribution in [0.1, 0.15) is 43.2 Å². The maximum Gasteiger partial charge on any atom is 0.246 e. The first-order chi connectivity index (χ1) is 13.6. The number of hydrogen-bond donors (Lipinski definition) is 0. The third kappa shape index (κ3) is 5.35. The molecule has 1 aliphatic rings. The summed E-state index contributed by atoms with van der Waals surface area (Å²) in [5, 5.41) is 3.13. The number of thiazole rings is 1. The number of carbonyl (C=O) groups is 1. The van der Waals surface area contributed by atoms with Crippen LogP contribution in [0.25, 0.3) is 6.08 Å². The zero-order valence-electron chi connectivity index (χ0n) is 16.8. The average Bonchev–Trinajstić information content (AvgIpc) is 3.25. The molecule has 0 spiro atoms. The van der Waals surface area contributed by atoms with Gasteiger partial charge in [0, 0.05) is 36.7 Å². The second-order valence-corrected chi connectivity index (χ2v) is 8.37. The summed E-state index contributed by atoms with van der Waals surface area (Å²) in [5.74, 6) is 2.24. The van der Waals surface area contributed by atoms with Gasteiger partial charge in [0.1, 0.15) is 0 Å². The number of carbonyl (C=O) groups excluding carboxylic acids is 1. The van der Waals surface area contributed by atoms with Gasteiger partial charge in [0.05, 0.1) is 18.7 Å². The van der Waals surface area contributed by atoms with Crippen molar-refractivity contribution in [2.45, 2.75) is 32.6 Å². The molecule has 5 nitrogen and oxygen atoms in total. The third-order valence-electron chi connectivity index (χ3n) is 4.71. The Labute approximate surface area is 171 Å². The number of rotatable bonds is 7. The van der Waals surface area contributed by atoms with Crippen molar-refractivity contribution in [3.05, 3.63) is 46.4 Å². The molecule has 1 unspecified atom stereocenters. The van der Waals surface area contributed by atoms with E-state index in [0.29, 0.717) is 24.2 Å². The minimum absolute atomic E-state index is 0.0420. The van der Waals surface area contributed by atoms with Crippen LogP contribution in [-0.2, 0) is 4.79 Å². The first kappa shape index (κ1) is 20.4. The van der Waals surface area contributed by atoms with Crippen LogP contribution in [0.5, 0.6) is 11.5 Å². The van der Waals surface area contributed by atoms with Crippen LogP contribution in [0.4, 0.5) is 0 Å². The van der Waals surface area contributed by atoms with E-state index < -0.39 is 0 Å². The molecular weight excluding hydrogens is 372 g/mol. The zero-order chi connectivity index (χ0) is 19.9. The highest BCUT2D eigenvalue weighted by Gasteiger charge is 2.25. The van der Waals surface area contributed by atoms with E-state index in [1.165, 1.54) is 0 Å². The maximum atomic E-state index is 12.7. The average molecular weight is 401 g/mol. The van der Waals surface area contributed by atoms with E-state index in [-0.39, 0.29) is 5.91 Å². The van der Waals surface area contributed by atoms with Crippen LogP contribution >= 0.6 is 11.3 Å². The number of piperidine rings is 1. The number of benzene rings is 1. The van der Waals surface area contributed by atoms with Gasteiger partial charge in [-0.1, -0.05) is 19.9 Å². The Bertz CT molecular complexity index is 802. The van der Waals surface area contributed by atoms with Crippen LogP contribution in [0.15, 0.2) is 35.9 Å². The van der Waals surface area contributed by atoms with Crippen molar-refractivity contribution in [3.63, 3.8) is 0 Å². The summed E-state index contributed by atoms with van der Waals surface area (Å²) in [6.45, 7) is 6.39. The molecule has 1 atom stereocenters. The third-order valence-corrected chi connectivity index (χ3v) is 5.65. The molecule has 2 aromatic rings. The van der Waals surface area contributed by atoms with Crippen LogP contribution in [0.2, 0.25) is 0 Å². The Morgan fingerprint density at radius 1 is 1.39 bits per heavy atom. The van der Waals surface area contributed by atoms with E-state index in [1.807, 2.05) is 40.8 Å². The SMILES string of the molecule is COc1cc(/C=C/C(=O)N2CCCC(c3nccs3)C2)ccc1OCC(C)C. The fourth-order valence-electron chi connectivity index (χ4n) is 3.25. The molecule has 0 bridgehead atoms. The van der Waals surface area contributed by atoms with Crippen molar-refractivity contribution < 1.29 is 14.3 Å². The minimum atomic E-state index is 0.0420. The highest BCUT2D eigenvalue weighted by molar-refractivity contribution is 7.09. The molecule has 0 radical (unpaired) electrons. The smallest absolute Gasteiger partial charge is 0.246 e. The van der Waals surface area contributed by atoms with Gasteiger partial charge in [0.25, 0.3) is 0 Å². The Hall–Kier alpha value is -2.34. The van der Waals surface area contributed by atoms with E-state index in [0.717, 1.165) is 42.3 Å². The summed E-state index contributed by atoms with van der Waals surface area (Å²) in [4.78, 5) is 19.0. The molecule has 1 fully saturated rings. The first-order valence-corrected chi connectivity index (χ1v) is 10.6. The molecule has 0 saturated carbocycles. The summed E-state index contributed by atoms with van der Waals surface area (Å²) in [6, 6.07) is 5.73. The first-order valence-electron chi connectivity index (χ1n) is 9.74. The normalized spacial score (nSPS) is 17.3. The van der Waals surface area contributed by atoms with Crippen molar-refractivity contribution in [1.82, 2.24) is 9.88 Å². The second-order valence-electron chi connectivity index (χ2n) is 7.44. The molecule has 1 saturated heterocycles. The lowest BCUT2D eigenvalue weighted by Gasteiger charge is -2.31. The van der Waals surface area contributed by atoms with Crippen LogP contribution in [-0.4, -0.2) is 42.6 Å². The van der Waals surface area contributed by atoms with E-state index >= 15 is 0 Å². The predicted molar refractivity (Wildman–Crippen MR) is 113 cm³/mol. The Kier molecular flexibility index (Phi) is 7.09. The van der Waals surface area contributed by atoms with Crippen molar-refractivity contribution >= 4 is 23.3 Å². The van der Waals surface area contributed by atoms with E-state index in [2.05, 4.69) is 18.8 Å². The van der Waals surface area contributed by atoms with Crippen LogP contribution in [0, 0.1) is 5.92 Å². The van der Waals surface area contributed by atoms with Gasteiger partial charge in [-0.25, -0.2) is 4.98 Å². The summed E-state index contributed by atoms with van der Waals surface area (Å²) >= 11 is 1.67. The Morgan fingerprint density at radius 2 is 2.25 bits per heavy atom. The van der Waals surface area contributed by atoms with E-state index in [1.54, 1.807) is 24.5 Å². The number of methoxy groups -OCH3 is 1. The highest BCUT2D eigenvalue weighted by atomic mass is 32.1. The number of ether oxygens (including phenoxy) is 2. The van der Waals surface area contributed by atoms with E-state index in [9.17, 15) is 4.79 Å². The summed E-state index contributed by atoms with van der Waals surface area (Å²) in [6.07, 6.45) is 7.43. The number of aromatic nitrogens is 1. The Balaban J connectivity index is 1.63. The number of nitrogens with zero attached hydrogens (tertiary/aromatic N) is 2.